The Morgan fingerprint density at radius 1 is 0.743 bits per heavy atom. The van der Waals surface area contributed by atoms with Gasteiger partial charge in [-0.25, -0.2) is 4.79 Å². The standard InChI is InChI=1S/C28H36O7/c1-10-15(2)28(29)35-27-23-19(14-21(31-6)25(27)33-8)12-17(4)16(3)11-18-13-20(30-5)24(32-7)26(34-9)22(18)23/h10,13-14,16-17H,11-12H2,1-9H3. The summed E-state index contributed by atoms with van der Waals surface area (Å²) in [5.41, 5.74) is 3.98. The zero-order valence-corrected chi connectivity index (χ0v) is 22.2. The monoisotopic (exact) mass is 484 g/mol. The Kier molecular flexibility index (Phi) is 8.20. The molecule has 2 aromatic carbocycles. The number of hydrogen-bond donors (Lipinski definition) is 0. The molecule has 0 spiro atoms. The fraction of sp³-hybridized carbons (Fsp3) is 0.464. The Labute approximate surface area is 207 Å². The smallest absolute Gasteiger partial charge is 0.338 e. The molecule has 0 saturated heterocycles. The Hall–Kier alpha value is -3.35. The Morgan fingerprint density at radius 2 is 1.17 bits per heavy atom. The van der Waals surface area contributed by atoms with E-state index in [4.69, 9.17) is 28.4 Å². The van der Waals surface area contributed by atoms with Gasteiger partial charge >= 0.3 is 5.97 Å². The highest BCUT2D eigenvalue weighted by Gasteiger charge is 2.34. The van der Waals surface area contributed by atoms with Crippen LogP contribution >= 0.6 is 0 Å². The first kappa shape index (κ1) is 26.3. The minimum absolute atomic E-state index is 0.293. The van der Waals surface area contributed by atoms with Crippen molar-refractivity contribution in [2.45, 2.75) is 40.5 Å². The second kappa shape index (κ2) is 10.9. The number of ether oxygens (including phenoxy) is 6. The van der Waals surface area contributed by atoms with E-state index in [9.17, 15) is 4.79 Å². The molecule has 0 heterocycles. The highest BCUT2D eigenvalue weighted by Crippen LogP contribution is 2.56. The summed E-state index contributed by atoms with van der Waals surface area (Å²) in [5, 5.41) is 0. The topological polar surface area (TPSA) is 72.5 Å². The molecule has 1 aliphatic carbocycles. The average molecular weight is 485 g/mol. The predicted molar refractivity (Wildman–Crippen MR) is 135 cm³/mol. The molecule has 0 bridgehead atoms. The second-order valence-electron chi connectivity index (χ2n) is 8.88. The van der Waals surface area contributed by atoms with E-state index in [2.05, 4.69) is 13.8 Å². The first-order valence-corrected chi connectivity index (χ1v) is 11.7. The molecule has 7 nitrogen and oxygen atoms in total. The van der Waals surface area contributed by atoms with E-state index in [-0.39, 0.29) is 0 Å². The van der Waals surface area contributed by atoms with Crippen LogP contribution in [0.15, 0.2) is 23.8 Å². The van der Waals surface area contributed by atoms with Crippen molar-refractivity contribution in [1.29, 1.82) is 0 Å². The van der Waals surface area contributed by atoms with Crippen molar-refractivity contribution in [3.05, 3.63) is 34.9 Å². The highest BCUT2D eigenvalue weighted by molar-refractivity contribution is 5.94. The van der Waals surface area contributed by atoms with Gasteiger partial charge in [0.05, 0.1) is 35.5 Å². The third-order valence-corrected chi connectivity index (χ3v) is 6.87. The van der Waals surface area contributed by atoms with E-state index in [0.717, 1.165) is 35.1 Å². The van der Waals surface area contributed by atoms with Gasteiger partial charge in [-0.1, -0.05) is 19.9 Å². The summed E-state index contributed by atoms with van der Waals surface area (Å²) in [4.78, 5) is 13.0. The van der Waals surface area contributed by atoms with Crippen LogP contribution in [0.4, 0.5) is 0 Å². The lowest BCUT2D eigenvalue weighted by Gasteiger charge is -2.30. The summed E-state index contributed by atoms with van der Waals surface area (Å²) < 4.78 is 34.7. The van der Waals surface area contributed by atoms with Gasteiger partial charge in [0.2, 0.25) is 11.5 Å². The van der Waals surface area contributed by atoms with Crippen LogP contribution in [0.1, 0.15) is 38.8 Å². The molecule has 0 amide bonds. The molecule has 35 heavy (non-hydrogen) atoms. The molecule has 3 rings (SSSR count). The quantitative estimate of drug-likeness (QED) is 0.286. The SMILES string of the molecule is CC=C(C)C(=O)Oc1c(OC)c(OC)cc2c1-c1c(cc(OC)c(OC)c1OC)CC(C)C(C)C2. The lowest BCUT2D eigenvalue weighted by atomic mass is 9.77. The number of esters is 1. The maximum atomic E-state index is 13.0. The van der Waals surface area contributed by atoms with Crippen LogP contribution in [0.2, 0.25) is 0 Å². The summed E-state index contributed by atoms with van der Waals surface area (Å²) in [6, 6.07) is 3.94. The zero-order chi connectivity index (χ0) is 25.9. The minimum atomic E-state index is -0.467. The Bertz CT molecular complexity index is 1130. The van der Waals surface area contributed by atoms with Crippen LogP contribution in [-0.4, -0.2) is 41.5 Å². The lowest BCUT2D eigenvalue weighted by Crippen LogP contribution is -2.19. The van der Waals surface area contributed by atoms with E-state index in [1.54, 1.807) is 48.4 Å². The van der Waals surface area contributed by atoms with Crippen LogP contribution < -0.4 is 28.4 Å². The third-order valence-electron chi connectivity index (χ3n) is 6.87. The van der Waals surface area contributed by atoms with Crippen molar-refractivity contribution in [3.63, 3.8) is 0 Å². The fourth-order valence-electron chi connectivity index (χ4n) is 4.57. The van der Waals surface area contributed by atoms with Gasteiger partial charge in [0, 0.05) is 16.7 Å². The molecule has 7 heteroatoms. The third kappa shape index (κ3) is 4.77. The minimum Gasteiger partial charge on any atom is -0.493 e. The van der Waals surface area contributed by atoms with Crippen molar-refractivity contribution in [3.8, 4) is 45.6 Å². The lowest BCUT2D eigenvalue weighted by molar-refractivity contribution is -0.130. The first-order valence-electron chi connectivity index (χ1n) is 11.7. The molecule has 0 aliphatic heterocycles. The maximum absolute atomic E-state index is 13.0. The van der Waals surface area contributed by atoms with Crippen LogP contribution in [-0.2, 0) is 17.6 Å². The molecular weight excluding hydrogens is 448 g/mol. The van der Waals surface area contributed by atoms with Crippen LogP contribution in [0.3, 0.4) is 0 Å². The van der Waals surface area contributed by atoms with E-state index < -0.39 is 5.97 Å². The van der Waals surface area contributed by atoms with Gasteiger partial charge < -0.3 is 28.4 Å². The number of carbonyl (C=O) groups excluding carboxylic acids is 1. The normalized spacial score (nSPS) is 17.3. The number of fused-ring (bicyclic) bond motifs is 3. The number of hydrogen-bond acceptors (Lipinski definition) is 7. The largest absolute Gasteiger partial charge is 0.493 e. The first-order chi connectivity index (χ1) is 16.8. The predicted octanol–water partition coefficient (Wildman–Crippen LogP) is 5.64. The van der Waals surface area contributed by atoms with Gasteiger partial charge in [-0.2, -0.15) is 0 Å². The number of carbonyl (C=O) groups is 1. The van der Waals surface area contributed by atoms with Crippen LogP contribution in [0.25, 0.3) is 11.1 Å². The van der Waals surface area contributed by atoms with Gasteiger partial charge in [-0.05, 0) is 61.8 Å². The van der Waals surface area contributed by atoms with Crippen LogP contribution in [0.5, 0.6) is 34.5 Å². The summed E-state index contributed by atoms with van der Waals surface area (Å²) in [5.74, 6) is 2.94. The molecule has 2 aromatic rings. The molecule has 0 N–H and O–H groups in total. The number of methoxy groups -OCH3 is 5. The molecule has 0 saturated carbocycles. The molecule has 1 aliphatic rings. The second-order valence-corrected chi connectivity index (χ2v) is 8.88. The van der Waals surface area contributed by atoms with Gasteiger partial charge in [-0.15, -0.1) is 0 Å². The van der Waals surface area contributed by atoms with Crippen molar-refractivity contribution >= 4 is 5.97 Å². The van der Waals surface area contributed by atoms with E-state index in [1.165, 1.54) is 7.11 Å². The molecule has 2 unspecified atom stereocenters. The molecule has 2 atom stereocenters. The highest BCUT2D eigenvalue weighted by atomic mass is 16.6. The number of rotatable bonds is 7. The van der Waals surface area contributed by atoms with Crippen molar-refractivity contribution in [1.82, 2.24) is 0 Å². The van der Waals surface area contributed by atoms with Gasteiger partial charge in [0.1, 0.15) is 0 Å². The van der Waals surface area contributed by atoms with Gasteiger partial charge in [0.15, 0.2) is 23.0 Å². The summed E-state index contributed by atoms with van der Waals surface area (Å²) in [6.07, 6.45) is 3.24. The average Bonchev–Trinajstić information content (AvgIpc) is 2.86. The summed E-state index contributed by atoms with van der Waals surface area (Å²) in [6.45, 7) is 7.97. The fourth-order valence-corrected chi connectivity index (χ4v) is 4.57. The van der Waals surface area contributed by atoms with Gasteiger partial charge in [-0.3, -0.25) is 0 Å². The van der Waals surface area contributed by atoms with Crippen molar-refractivity contribution in [2.75, 3.05) is 35.5 Å². The molecular formula is C28H36O7. The Morgan fingerprint density at radius 3 is 1.57 bits per heavy atom. The molecule has 0 fully saturated rings. The van der Waals surface area contributed by atoms with E-state index in [1.807, 2.05) is 12.1 Å². The summed E-state index contributed by atoms with van der Waals surface area (Å²) >= 11 is 0. The Balaban J connectivity index is 2.53. The van der Waals surface area contributed by atoms with Gasteiger partial charge in [0.25, 0.3) is 0 Å². The zero-order valence-electron chi connectivity index (χ0n) is 22.2. The number of benzene rings is 2. The summed E-state index contributed by atoms with van der Waals surface area (Å²) in [7, 11) is 7.88. The van der Waals surface area contributed by atoms with Crippen molar-refractivity contribution < 1.29 is 33.2 Å². The number of allylic oxidation sites excluding steroid dienone is 1. The maximum Gasteiger partial charge on any atom is 0.338 e. The molecule has 0 radical (unpaired) electrons. The van der Waals surface area contributed by atoms with E-state index >= 15 is 0 Å². The molecule has 0 aromatic heterocycles. The van der Waals surface area contributed by atoms with Crippen LogP contribution in [0, 0.1) is 11.8 Å². The van der Waals surface area contributed by atoms with Crippen molar-refractivity contribution in [2.24, 2.45) is 11.8 Å². The van der Waals surface area contributed by atoms with E-state index in [0.29, 0.717) is 51.9 Å². The molecule has 190 valence electrons.